The monoisotopic (exact) mass is 1470 g/mol. The number of halogens is 13. The van der Waals surface area contributed by atoms with Gasteiger partial charge in [-0.15, -0.1) is 0 Å². The van der Waals surface area contributed by atoms with E-state index in [1.807, 2.05) is 109 Å². The van der Waals surface area contributed by atoms with Crippen molar-refractivity contribution in [3.05, 3.63) is 221 Å². The molecule has 0 saturated heterocycles. The molecule has 79 heavy (non-hydrogen) atoms. The number of anilines is 9. The van der Waals surface area contributed by atoms with Crippen molar-refractivity contribution in [3.8, 4) is 0 Å². The molecular weight excluding hydrogens is 1410 g/mol. The summed E-state index contributed by atoms with van der Waals surface area (Å²) < 4.78 is 18.4. The third kappa shape index (κ3) is 25.9. The maximum Gasteiger partial charge on any atom is 1.00 e. The maximum absolute atomic E-state index is 2.25. The van der Waals surface area contributed by atoms with Crippen molar-refractivity contribution in [2.24, 2.45) is 63.4 Å². The summed E-state index contributed by atoms with van der Waals surface area (Å²) in [5.74, 6) is 0. The summed E-state index contributed by atoms with van der Waals surface area (Å²) in [7, 11) is 18.3. The molecule has 0 unspecified atom stereocenters. The molecular formula is C54H63BrCl11IN12. The van der Waals surface area contributed by atoms with Gasteiger partial charge in [0.25, 0.3) is 0 Å². The fourth-order valence-electron chi connectivity index (χ4n) is 7.31. The Hall–Kier alpha value is -3.85. The predicted octanol–water partition coefficient (Wildman–Crippen LogP) is -31.1. The zero-order chi connectivity index (χ0) is 46.6. The summed E-state index contributed by atoms with van der Waals surface area (Å²) >= 11 is 0. The standard InChI is InChI=1S/3C18H21N4.Br.11ClH.I/c3*1-19-11-6-16(7-12-19)22(17-8-13-20(2)14-9-17)18-5-4-10-21(3)15-18;;;;;;;;;;;;;/h3*4-15H,1-3H3;;11*1H;/q3*+3;+1;;;;;;;;;;;;+1/p-11. The Labute approximate surface area is 563 Å². The molecule has 0 bridgehead atoms. The Morgan fingerprint density at radius 2 is 0.342 bits per heavy atom. The Morgan fingerprint density at radius 1 is 0.203 bits per heavy atom. The van der Waals surface area contributed by atoms with E-state index < -0.39 is 0 Å². The van der Waals surface area contributed by atoms with Crippen molar-refractivity contribution in [3.63, 3.8) is 0 Å². The van der Waals surface area contributed by atoms with Gasteiger partial charge in [-0.3, -0.25) is 0 Å². The topological polar surface area (TPSA) is 44.6 Å². The van der Waals surface area contributed by atoms with Gasteiger partial charge >= 0.3 is 41.0 Å². The lowest BCUT2D eigenvalue weighted by molar-refractivity contribution is -0.671. The highest BCUT2D eigenvalue weighted by atomic mass is 127. The SMILES string of the molecule is C[n+]1ccc(N(c2cc[n+](C)cc2)c2ccc[n+](C)c2)cc1.C[n+]1ccc(N(c2cc[n+](C)cc2)c2ccc[n+](C)c2)cc1.C[n+]1ccc(N(c2cc[n+](C)cc2)c2ccc[n+](C)c2)cc1.[Br+].[Cl-].[Cl-].[Cl-].[Cl-].[Cl-].[Cl-].[Cl-].[Cl-].[Cl-].[Cl-].[Cl-].[I+]. The first-order valence-electron chi connectivity index (χ1n) is 21.9. The third-order valence-electron chi connectivity index (χ3n) is 10.9. The van der Waals surface area contributed by atoms with Gasteiger partial charge in [-0.25, -0.2) is 41.1 Å². The highest BCUT2D eigenvalue weighted by Crippen LogP contribution is 2.34. The second kappa shape index (κ2) is 43.8. The van der Waals surface area contributed by atoms with E-state index in [0.717, 1.165) is 51.2 Å². The molecule has 9 heterocycles. The van der Waals surface area contributed by atoms with Crippen molar-refractivity contribution >= 4 is 51.2 Å². The average Bonchev–Trinajstić information content (AvgIpc) is 3.31. The predicted molar refractivity (Wildman–Crippen MR) is 254 cm³/mol. The van der Waals surface area contributed by atoms with Gasteiger partial charge in [0.05, 0.1) is 34.1 Å². The minimum absolute atomic E-state index is 0. The first-order chi connectivity index (χ1) is 31.9. The zero-order valence-corrected chi connectivity index (χ0v) is 56.6. The number of hydrogen-bond acceptors (Lipinski definition) is 3. The summed E-state index contributed by atoms with van der Waals surface area (Å²) in [6, 6.07) is 38.1. The Balaban J connectivity index is -0.000000182. The van der Waals surface area contributed by atoms with Crippen LogP contribution in [-0.2, 0) is 63.4 Å². The fourth-order valence-corrected chi connectivity index (χ4v) is 7.31. The van der Waals surface area contributed by atoms with Crippen molar-refractivity contribution in [1.82, 2.24) is 0 Å². The van der Waals surface area contributed by atoms with E-state index in [1.54, 1.807) is 0 Å². The zero-order valence-electron chi connectivity index (χ0n) is 44.6. The lowest BCUT2D eigenvalue weighted by Crippen LogP contribution is -3.00. The van der Waals surface area contributed by atoms with Crippen LogP contribution < -0.4 is 216 Å². The van der Waals surface area contributed by atoms with E-state index in [0.29, 0.717) is 0 Å². The van der Waals surface area contributed by atoms with Gasteiger partial charge < -0.3 is 151 Å². The van der Waals surface area contributed by atoms with E-state index in [1.165, 1.54) is 0 Å². The van der Waals surface area contributed by atoms with Gasteiger partial charge in [-0.1, -0.05) is 0 Å². The number of rotatable bonds is 9. The van der Waals surface area contributed by atoms with Crippen LogP contribution in [0, 0.1) is 17.0 Å². The molecule has 0 spiro atoms. The third-order valence-corrected chi connectivity index (χ3v) is 10.9. The van der Waals surface area contributed by atoms with Crippen LogP contribution in [0.15, 0.2) is 221 Å². The molecule has 12 nitrogen and oxygen atoms in total. The molecule has 9 aromatic rings. The minimum Gasteiger partial charge on any atom is -1.00 e. The van der Waals surface area contributed by atoms with Crippen molar-refractivity contribution < 1.29 is 219 Å². The molecule has 4 radical (unpaired) electrons. The molecule has 0 aliphatic heterocycles. The normalized spacial score (nSPS) is 8.77. The Bertz CT molecular complexity index is 2540. The van der Waals surface area contributed by atoms with Crippen LogP contribution in [0.3, 0.4) is 0 Å². The summed E-state index contributed by atoms with van der Waals surface area (Å²) in [5.41, 5.74) is 10.2. The molecule has 0 saturated carbocycles. The van der Waals surface area contributed by atoms with Gasteiger partial charge in [0.2, 0.25) is 0 Å². The highest BCUT2D eigenvalue weighted by Gasteiger charge is 2.19. The van der Waals surface area contributed by atoms with Crippen LogP contribution in [0.5, 0.6) is 0 Å². The van der Waals surface area contributed by atoms with E-state index >= 15 is 0 Å². The molecule has 9 rings (SSSR count). The van der Waals surface area contributed by atoms with Crippen molar-refractivity contribution in [2.45, 2.75) is 0 Å². The summed E-state index contributed by atoms with van der Waals surface area (Å²) in [5, 5.41) is 0. The van der Waals surface area contributed by atoms with E-state index in [2.05, 4.69) is 231 Å². The van der Waals surface area contributed by atoms with E-state index in [-0.39, 0.29) is 177 Å². The van der Waals surface area contributed by atoms with Gasteiger partial charge in [0, 0.05) is 91.0 Å². The average molecular weight is 1480 g/mol. The molecule has 25 heteroatoms. The van der Waals surface area contributed by atoms with E-state index in [9.17, 15) is 0 Å². The lowest BCUT2D eigenvalue weighted by Gasteiger charge is -2.22. The van der Waals surface area contributed by atoms with Crippen LogP contribution in [0.2, 0.25) is 0 Å². The second-order valence-electron chi connectivity index (χ2n) is 16.5. The molecule has 0 aliphatic rings. The van der Waals surface area contributed by atoms with Crippen LogP contribution in [0.25, 0.3) is 0 Å². The minimum atomic E-state index is 0. The van der Waals surface area contributed by atoms with Crippen molar-refractivity contribution in [2.75, 3.05) is 14.7 Å². The Kier molecular flexibility index (Phi) is 49.4. The van der Waals surface area contributed by atoms with Crippen LogP contribution in [0.1, 0.15) is 0 Å². The van der Waals surface area contributed by atoms with Gasteiger partial charge in [-0.2, -0.15) is 0 Å². The summed E-state index contributed by atoms with van der Waals surface area (Å²) in [4.78, 5) is 6.75. The highest BCUT2D eigenvalue weighted by molar-refractivity contribution is 5.76. The number of nitrogens with zero attached hydrogens (tertiary/aromatic N) is 12. The summed E-state index contributed by atoms with van der Waals surface area (Å²) in [6.07, 6.45) is 37.3. The van der Waals surface area contributed by atoms with Crippen LogP contribution in [-0.4, -0.2) is 0 Å². The first-order valence-corrected chi connectivity index (χ1v) is 21.9. The molecule has 430 valence electrons. The lowest BCUT2D eigenvalue weighted by atomic mass is 10.2. The first kappa shape index (κ1) is 89.0. The number of aryl methyl sites for hydroxylation is 9. The molecule has 9 aromatic heterocycles. The molecule has 0 fully saturated rings. The number of hydrogen-bond donors (Lipinski definition) is 0. The second-order valence-corrected chi connectivity index (χ2v) is 16.5. The van der Waals surface area contributed by atoms with Gasteiger partial charge in [0.1, 0.15) is 80.5 Å². The van der Waals surface area contributed by atoms with Gasteiger partial charge in [-0.05, 0) is 18.2 Å². The quantitative estimate of drug-likeness (QED) is 0.107. The molecule has 0 atom stereocenters. The number of pyridine rings is 9. The summed E-state index contributed by atoms with van der Waals surface area (Å²) in [6.45, 7) is 0. The van der Waals surface area contributed by atoms with Crippen LogP contribution >= 0.6 is 0 Å². The molecule has 0 amide bonds. The molecule has 0 aliphatic carbocycles. The fraction of sp³-hybridized carbons (Fsp3) is 0.167. The molecule has 0 N–H and O–H groups in total. The molecule has 0 aromatic carbocycles. The van der Waals surface area contributed by atoms with Crippen LogP contribution in [0.4, 0.5) is 51.2 Å². The number of aromatic nitrogens is 9. The van der Waals surface area contributed by atoms with Crippen molar-refractivity contribution in [1.29, 1.82) is 0 Å². The van der Waals surface area contributed by atoms with Gasteiger partial charge in [0.15, 0.2) is 112 Å². The smallest absolute Gasteiger partial charge is 1.00 e. The Morgan fingerprint density at radius 3 is 0.468 bits per heavy atom. The van der Waals surface area contributed by atoms with E-state index in [4.69, 9.17) is 0 Å². The maximum atomic E-state index is 2.25. The largest absolute Gasteiger partial charge is 1.00 e.